The number of carboxylic acids is 1. The van der Waals surface area contributed by atoms with Crippen LogP contribution in [0, 0.1) is 5.92 Å². The summed E-state index contributed by atoms with van der Waals surface area (Å²) in [4.78, 5) is 10.1. The predicted octanol–water partition coefficient (Wildman–Crippen LogP) is 3.27. The molecule has 1 atom stereocenters. The van der Waals surface area contributed by atoms with Gasteiger partial charge in [0, 0.05) is 6.92 Å². The number of carbonyl (C=O) groups is 1. The number of halogens is 8. The summed E-state index contributed by atoms with van der Waals surface area (Å²) in [5.74, 6) is -30.0. The van der Waals surface area contributed by atoms with Crippen LogP contribution in [0.3, 0.4) is 0 Å². The molecule has 0 amide bonds. The first-order valence-corrected chi connectivity index (χ1v) is 4.34. The molecule has 18 heavy (non-hydrogen) atoms. The van der Waals surface area contributed by atoms with Crippen LogP contribution in [0.25, 0.3) is 0 Å². The number of aliphatic carboxylic acids is 1. The average molecular weight is 288 g/mol. The summed E-state index contributed by atoms with van der Waals surface area (Å²) in [5.41, 5.74) is 0. The van der Waals surface area contributed by atoms with E-state index in [-0.39, 0.29) is 6.92 Å². The Hall–Kier alpha value is -1.09. The van der Waals surface area contributed by atoms with Gasteiger partial charge in [0.2, 0.25) is 0 Å². The Bertz CT molecular complexity index is 332. The van der Waals surface area contributed by atoms with E-state index in [0.717, 1.165) is 0 Å². The summed E-state index contributed by atoms with van der Waals surface area (Å²) < 4.78 is 101. The number of alkyl halides is 8. The minimum absolute atomic E-state index is 0.0140. The van der Waals surface area contributed by atoms with Gasteiger partial charge in [-0.3, -0.25) is 4.79 Å². The molecule has 0 bridgehead atoms. The fourth-order valence-electron chi connectivity index (χ4n) is 0.912. The standard InChI is InChI=1S/C8H8F8O2/c1-3(4(17)18)6(11,12)8(15,16)7(13,14)5(2,9)10/h3H,1-2H3,(H,17,18). The molecule has 0 aliphatic heterocycles. The lowest BCUT2D eigenvalue weighted by Gasteiger charge is -2.36. The van der Waals surface area contributed by atoms with E-state index in [1.165, 1.54) is 0 Å². The molecule has 0 aromatic heterocycles. The van der Waals surface area contributed by atoms with Crippen molar-refractivity contribution in [3.8, 4) is 0 Å². The molecule has 0 fully saturated rings. The van der Waals surface area contributed by atoms with Gasteiger partial charge in [0.05, 0.1) is 0 Å². The summed E-state index contributed by atoms with van der Waals surface area (Å²) >= 11 is 0. The maximum atomic E-state index is 12.9. The zero-order valence-corrected chi connectivity index (χ0v) is 8.96. The largest absolute Gasteiger partial charge is 0.481 e. The second-order valence-electron chi connectivity index (χ2n) is 3.72. The lowest BCUT2D eigenvalue weighted by molar-refractivity contribution is -0.369. The van der Waals surface area contributed by atoms with Crippen molar-refractivity contribution in [2.75, 3.05) is 0 Å². The lowest BCUT2D eigenvalue weighted by atomic mass is 9.91. The Morgan fingerprint density at radius 1 is 0.944 bits per heavy atom. The van der Waals surface area contributed by atoms with Crippen LogP contribution < -0.4 is 0 Å². The van der Waals surface area contributed by atoms with E-state index in [0.29, 0.717) is 0 Å². The van der Waals surface area contributed by atoms with E-state index in [9.17, 15) is 39.9 Å². The first-order valence-electron chi connectivity index (χ1n) is 4.34. The van der Waals surface area contributed by atoms with Gasteiger partial charge in [-0.2, -0.15) is 35.1 Å². The SMILES string of the molecule is CC(C(=O)O)C(F)(F)C(F)(F)C(F)(F)C(C)(F)F. The first kappa shape index (κ1) is 16.9. The number of hydrogen-bond donors (Lipinski definition) is 1. The van der Waals surface area contributed by atoms with Crippen LogP contribution in [0.2, 0.25) is 0 Å². The molecule has 0 aliphatic rings. The molecule has 0 spiro atoms. The molecule has 0 saturated carbocycles. The summed E-state index contributed by atoms with van der Waals surface area (Å²) in [6.07, 6.45) is 0. The Kier molecular flexibility index (Phi) is 3.98. The molecule has 1 unspecified atom stereocenters. The van der Waals surface area contributed by atoms with Gasteiger partial charge in [-0.05, 0) is 6.92 Å². The Morgan fingerprint density at radius 3 is 1.50 bits per heavy atom. The van der Waals surface area contributed by atoms with Crippen LogP contribution in [0.4, 0.5) is 35.1 Å². The molecule has 1 N–H and O–H groups in total. The van der Waals surface area contributed by atoms with Crippen LogP contribution in [0.5, 0.6) is 0 Å². The number of rotatable bonds is 5. The van der Waals surface area contributed by atoms with Gasteiger partial charge in [-0.1, -0.05) is 0 Å². The summed E-state index contributed by atoms with van der Waals surface area (Å²) in [6.45, 7) is -0.650. The number of hydrogen-bond acceptors (Lipinski definition) is 1. The van der Waals surface area contributed by atoms with Gasteiger partial charge in [-0.15, -0.1) is 0 Å². The lowest BCUT2D eigenvalue weighted by Crippen LogP contribution is -2.63. The Labute approximate surface area is 95.6 Å². The Balaban J connectivity index is 5.71. The third kappa shape index (κ3) is 2.24. The first-order chi connectivity index (χ1) is 7.60. The van der Waals surface area contributed by atoms with Gasteiger partial charge in [0.15, 0.2) is 0 Å². The van der Waals surface area contributed by atoms with Gasteiger partial charge in [0.1, 0.15) is 5.92 Å². The van der Waals surface area contributed by atoms with Gasteiger partial charge in [-0.25, -0.2) is 0 Å². The quantitative estimate of drug-likeness (QED) is 0.788. The zero-order chi connectivity index (χ0) is 15.2. The van der Waals surface area contributed by atoms with Crippen molar-refractivity contribution in [1.82, 2.24) is 0 Å². The molecule has 0 heterocycles. The van der Waals surface area contributed by atoms with Crippen LogP contribution >= 0.6 is 0 Å². The van der Waals surface area contributed by atoms with Crippen molar-refractivity contribution >= 4 is 5.97 Å². The highest BCUT2D eigenvalue weighted by atomic mass is 19.4. The minimum atomic E-state index is -6.52. The Morgan fingerprint density at radius 2 is 1.28 bits per heavy atom. The minimum Gasteiger partial charge on any atom is -0.481 e. The molecule has 0 aromatic rings. The summed E-state index contributed by atoms with van der Waals surface area (Å²) in [7, 11) is 0. The van der Waals surface area contributed by atoms with Crippen molar-refractivity contribution in [2.24, 2.45) is 5.92 Å². The van der Waals surface area contributed by atoms with Crippen LogP contribution in [0.1, 0.15) is 13.8 Å². The zero-order valence-electron chi connectivity index (χ0n) is 8.96. The summed E-state index contributed by atoms with van der Waals surface area (Å²) in [5, 5.41) is 8.10. The van der Waals surface area contributed by atoms with E-state index in [1.54, 1.807) is 0 Å². The van der Waals surface area contributed by atoms with Crippen LogP contribution in [-0.2, 0) is 4.79 Å². The maximum absolute atomic E-state index is 12.9. The van der Waals surface area contributed by atoms with E-state index in [1.807, 2.05) is 0 Å². The molecule has 10 heteroatoms. The molecular weight excluding hydrogens is 280 g/mol. The van der Waals surface area contributed by atoms with E-state index < -0.39 is 42.5 Å². The van der Waals surface area contributed by atoms with Crippen LogP contribution in [0.15, 0.2) is 0 Å². The normalized spacial score (nSPS) is 16.6. The van der Waals surface area contributed by atoms with Gasteiger partial charge in [0.25, 0.3) is 0 Å². The monoisotopic (exact) mass is 288 g/mol. The van der Waals surface area contributed by atoms with Gasteiger partial charge >= 0.3 is 29.7 Å². The fraction of sp³-hybridized carbons (Fsp3) is 0.875. The highest BCUT2D eigenvalue weighted by Gasteiger charge is 2.80. The maximum Gasteiger partial charge on any atom is 0.379 e. The molecule has 0 aliphatic carbocycles. The molecule has 108 valence electrons. The molecular formula is C8H8F8O2. The fourth-order valence-corrected chi connectivity index (χ4v) is 0.912. The molecule has 0 rings (SSSR count). The topological polar surface area (TPSA) is 37.3 Å². The molecule has 0 saturated heterocycles. The average Bonchev–Trinajstić information content (AvgIpc) is 2.13. The van der Waals surface area contributed by atoms with Gasteiger partial charge < -0.3 is 5.11 Å². The van der Waals surface area contributed by atoms with Crippen molar-refractivity contribution in [3.63, 3.8) is 0 Å². The molecule has 0 radical (unpaired) electrons. The van der Waals surface area contributed by atoms with E-state index in [4.69, 9.17) is 5.11 Å². The van der Waals surface area contributed by atoms with Crippen molar-refractivity contribution in [1.29, 1.82) is 0 Å². The summed E-state index contributed by atoms with van der Waals surface area (Å²) in [6, 6.07) is 0. The van der Waals surface area contributed by atoms with E-state index >= 15 is 0 Å². The second kappa shape index (κ2) is 4.23. The predicted molar refractivity (Wildman–Crippen MR) is 42.3 cm³/mol. The highest BCUT2D eigenvalue weighted by Crippen LogP contribution is 2.54. The number of carboxylic acid groups (broad SMARTS) is 1. The van der Waals surface area contributed by atoms with Crippen molar-refractivity contribution in [2.45, 2.75) is 37.5 Å². The molecule has 0 aromatic carbocycles. The smallest absolute Gasteiger partial charge is 0.379 e. The highest BCUT2D eigenvalue weighted by molar-refractivity contribution is 5.71. The van der Waals surface area contributed by atoms with Crippen molar-refractivity contribution in [3.05, 3.63) is 0 Å². The third-order valence-corrected chi connectivity index (χ3v) is 2.28. The van der Waals surface area contributed by atoms with Crippen LogP contribution in [-0.4, -0.2) is 34.8 Å². The van der Waals surface area contributed by atoms with Crippen molar-refractivity contribution < 1.29 is 45.0 Å². The molecule has 2 nitrogen and oxygen atoms in total. The third-order valence-electron chi connectivity index (χ3n) is 2.28. The second-order valence-corrected chi connectivity index (χ2v) is 3.72. The van der Waals surface area contributed by atoms with E-state index in [2.05, 4.69) is 0 Å².